The molecule has 0 aromatic rings. The molecule has 0 unspecified atom stereocenters. The van der Waals surface area contributed by atoms with Crippen molar-refractivity contribution >= 4 is 17.9 Å². The molecule has 4 aliphatic rings. The van der Waals surface area contributed by atoms with Gasteiger partial charge in [0.15, 0.2) is 0 Å². The Hall–Kier alpha value is -4.75. The van der Waals surface area contributed by atoms with E-state index in [1.54, 1.807) is 14.2 Å². The Morgan fingerprint density at radius 2 is 0.441 bits per heavy atom. The molecule has 68 heavy (non-hydrogen) atoms. The average molecular weight is 1080 g/mol. The van der Waals surface area contributed by atoms with Gasteiger partial charge in [0.1, 0.15) is 16.7 Å². The Balaban J connectivity index is 3.00. The van der Waals surface area contributed by atoms with Crippen LogP contribution in [0.5, 0.6) is 0 Å². The number of ether oxygens (including phenoxy) is 3. The fourth-order valence-corrected chi connectivity index (χ4v) is 7.49. The summed E-state index contributed by atoms with van der Waals surface area (Å²) in [6, 6.07) is 0. The van der Waals surface area contributed by atoms with Gasteiger partial charge in [-0.05, 0) is 0 Å². The predicted molar refractivity (Wildman–Crippen MR) is 134 cm³/mol. The van der Waals surface area contributed by atoms with E-state index < -0.39 is 147 Å². The third kappa shape index (κ3) is 5.44. The first-order valence-corrected chi connectivity index (χ1v) is 15.3. The Labute approximate surface area is 345 Å². The van der Waals surface area contributed by atoms with Crippen molar-refractivity contribution in [3.63, 3.8) is 0 Å². The SMILES string of the molecule is C=C(C(=O)OC(F)(F)C(F)(F)C12C(F)(F)C3(F)C(F)(F)C(C(F)(F)C(F)(F)OC(=O)C(=C)C(F)(F)F)(C1(F)F)C(F)(F)C(C(F)(F)C(F)(F)OC(=O)C(=C)C(F)(F)F)(C3(F)F)C2(F)F)C(F)(F)F. The maximum atomic E-state index is 16.7. The number of rotatable bonds is 12. The molecule has 0 aliphatic heterocycles. The lowest BCUT2D eigenvalue weighted by Gasteiger charge is -2.80. The van der Waals surface area contributed by atoms with Crippen LogP contribution >= 0.6 is 0 Å². The van der Waals surface area contributed by atoms with Gasteiger partial charge in [-0.2, -0.15) is 92.2 Å². The number of halogens is 34. The summed E-state index contributed by atoms with van der Waals surface area (Å²) < 4.78 is 521. The summed E-state index contributed by atoms with van der Waals surface area (Å²) in [5.74, 6) is -110. The van der Waals surface area contributed by atoms with Gasteiger partial charge in [0.05, 0.1) is 0 Å². The summed E-state index contributed by atoms with van der Waals surface area (Å²) in [7, 11) is 0. The van der Waals surface area contributed by atoms with E-state index in [4.69, 9.17) is 0 Å². The van der Waals surface area contributed by atoms with Crippen LogP contribution in [0.3, 0.4) is 0 Å². The molecule has 0 N–H and O–H groups in total. The lowest BCUT2D eigenvalue weighted by atomic mass is 9.26. The van der Waals surface area contributed by atoms with Crippen molar-refractivity contribution < 1.29 is 178 Å². The van der Waals surface area contributed by atoms with Gasteiger partial charge >= 0.3 is 96.0 Å². The molecule has 4 rings (SSSR count). The van der Waals surface area contributed by atoms with E-state index in [1.165, 1.54) is 19.7 Å². The third-order valence-corrected chi connectivity index (χ3v) is 10.5. The summed E-state index contributed by atoms with van der Waals surface area (Å²) in [5.41, 5.74) is -55.2. The second-order valence-electron chi connectivity index (χ2n) is 13.7. The van der Waals surface area contributed by atoms with Gasteiger partial charge in [-0.3, -0.25) is 0 Å². The van der Waals surface area contributed by atoms with Gasteiger partial charge in [-0.1, -0.05) is 19.7 Å². The molecule has 40 heteroatoms. The van der Waals surface area contributed by atoms with Crippen LogP contribution in [0.4, 0.5) is 149 Å². The van der Waals surface area contributed by atoms with Crippen LogP contribution < -0.4 is 0 Å². The quantitative estimate of drug-likeness (QED) is 0.0839. The highest BCUT2D eigenvalue weighted by Gasteiger charge is 3.29. The van der Waals surface area contributed by atoms with Crippen molar-refractivity contribution in [1.29, 1.82) is 0 Å². The zero-order valence-electron chi connectivity index (χ0n) is 29.9. The second-order valence-corrected chi connectivity index (χ2v) is 13.7. The number of alkyl halides is 34. The third-order valence-electron chi connectivity index (χ3n) is 10.5. The van der Waals surface area contributed by atoms with E-state index in [1.807, 2.05) is 0 Å². The first-order chi connectivity index (χ1) is 29.1. The molecule has 4 saturated carbocycles. The molecule has 0 aromatic heterocycles. The van der Waals surface area contributed by atoms with E-state index in [-0.39, 0.29) is 0 Å². The Morgan fingerprint density at radius 1 is 0.294 bits per heavy atom. The predicted octanol–water partition coefficient (Wildman–Crippen LogP) is 11.2. The van der Waals surface area contributed by atoms with Gasteiger partial charge in [0.2, 0.25) is 16.2 Å². The monoisotopic (exact) mass is 1080 g/mol. The molecule has 0 saturated heterocycles. The van der Waals surface area contributed by atoms with Gasteiger partial charge < -0.3 is 14.2 Å². The van der Waals surface area contributed by atoms with Crippen LogP contribution in [0.25, 0.3) is 0 Å². The van der Waals surface area contributed by atoms with Gasteiger partial charge in [0.25, 0.3) is 17.8 Å². The van der Waals surface area contributed by atoms with E-state index in [9.17, 15) is 53.9 Å². The van der Waals surface area contributed by atoms with Crippen molar-refractivity contribution in [3.8, 4) is 0 Å². The molecule has 0 amide bonds. The van der Waals surface area contributed by atoms with Crippen LogP contribution in [0.2, 0.25) is 0 Å². The number of hydrogen-bond acceptors (Lipinski definition) is 6. The largest absolute Gasteiger partial charge is 0.467 e. The molecule has 0 atom stereocenters. The molecular weight excluding hydrogens is 1080 g/mol. The Kier molecular flexibility index (Phi) is 11.7. The van der Waals surface area contributed by atoms with E-state index in [0.717, 1.165) is 0 Å². The number of esters is 3. The summed E-state index contributed by atoms with van der Waals surface area (Å²) >= 11 is 0. The fraction of sp³-hybridized carbons (Fsp3) is 0.679. The van der Waals surface area contributed by atoms with Gasteiger partial charge in [-0.25, -0.2) is 71.5 Å². The minimum Gasteiger partial charge on any atom is -0.392 e. The van der Waals surface area contributed by atoms with Crippen LogP contribution in [-0.2, 0) is 28.6 Å². The second kappa shape index (κ2) is 13.8. The van der Waals surface area contributed by atoms with Crippen LogP contribution in [0, 0.1) is 16.2 Å². The standard InChI is InChI=1S/C28H6F34O6/c1-4(10(29,30)31)7(63)66-26(57,58)23(51,52)13-17(39,40)14(24(53,54)27(59,60)67-8(64)5(2)11(32,33)34)19(43,44)15(18(13,41)42,22(49,50)16(38,20(13,45)46)21(14,47)48)25(55,56)28(61,62)68-9(65)6(3)12(35,36)37/h1-3H2. The van der Waals surface area contributed by atoms with Crippen LogP contribution in [0.15, 0.2) is 36.5 Å². The zero-order valence-corrected chi connectivity index (χ0v) is 29.9. The van der Waals surface area contributed by atoms with Crippen molar-refractivity contribution in [2.24, 2.45) is 16.2 Å². The van der Waals surface area contributed by atoms with E-state index in [0.29, 0.717) is 0 Å². The van der Waals surface area contributed by atoms with E-state index in [2.05, 4.69) is 0 Å². The summed E-state index contributed by atoms with van der Waals surface area (Å²) in [5, 5.41) is 0. The zero-order chi connectivity index (χ0) is 55.1. The molecule has 0 heterocycles. The molecule has 0 spiro atoms. The lowest BCUT2D eigenvalue weighted by molar-refractivity contribution is -0.684. The topological polar surface area (TPSA) is 78.9 Å². The van der Waals surface area contributed by atoms with Crippen molar-refractivity contribution in [3.05, 3.63) is 36.5 Å². The lowest BCUT2D eigenvalue weighted by Crippen LogP contribution is -3.10. The highest BCUT2D eigenvalue weighted by Crippen LogP contribution is 3.00. The number of carbonyl (C=O) groups is 3. The van der Waals surface area contributed by atoms with Crippen LogP contribution in [0.1, 0.15) is 0 Å². The molecular formula is C28H6F34O6. The molecule has 392 valence electrons. The highest BCUT2D eigenvalue weighted by atomic mass is 19.4. The van der Waals surface area contributed by atoms with Crippen molar-refractivity contribution in [1.82, 2.24) is 0 Å². The molecule has 4 aliphatic carbocycles. The summed E-state index contributed by atoms with van der Waals surface area (Å²) in [6.45, 7) is 3.90. The normalized spacial score (nSPS) is 29.7. The van der Waals surface area contributed by atoms with Crippen molar-refractivity contribution in [2.75, 3.05) is 0 Å². The first-order valence-electron chi connectivity index (χ1n) is 15.3. The van der Waals surface area contributed by atoms with Crippen molar-refractivity contribution in [2.45, 2.75) is 95.8 Å². The van der Waals surface area contributed by atoms with E-state index >= 15 is 110 Å². The molecule has 0 aromatic carbocycles. The Morgan fingerprint density at radius 3 is 0.574 bits per heavy atom. The Bertz CT molecular complexity index is 1940. The summed E-state index contributed by atoms with van der Waals surface area (Å²) in [6.07, 6.45) is -48.8. The smallest absolute Gasteiger partial charge is 0.392 e. The van der Waals surface area contributed by atoms with Gasteiger partial charge in [-0.15, -0.1) is 0 Å². The molecule has 6 nitrogen and oxygen atoms in total. The molecule has 4 bridgehead atoms. The van der Waals surface area contributed by atoms with Crippen LogP contribution in [-0.4, -0.2) is 114 Å². The number of hydrogen-bond donors (Lipinski definition) is 0. The maximum absolute atomic E-state index is 16.7. The highest BCUT2D eigenvalue weighted by molar-refractivity contribution is 5.90. The maximum Gasteiger partial charge on any atom is 0.467 e. The fourth-order valence-electron chi connectivity index (χ4n) is 7.49. The minimum atomic E-state index is -10.9. The number of carbonyl (C=O) groups excluding carboxylic acids is 3. The minimum absolute atomic E-state index is 1.30. The molecule has 0 radical (unpaired) electrons. The van der Waals surface area contributed by atoms with Gasteiger partial charge in [0, 0.05) is 0 Å². The average Bonchev–Trinajstić information content (AvgIpc) is 3.05. The molecule has 4 fully saturated rings. The summed E-state index contributed by atoms with van der Waals surface area (Å²) in [4.78, 5) is 34.6. The first kappa shape index (κ1) is 57.6.